The number of likely N-dealkylation sites (tertiary alicyclic amines) is 1. The van der Waals surface area contributed by atoms with Crippen molar-refractivity contribution in [2.75, 3.05) is 31.1 Å². The zero-order valence-corrected chi connectivity index (χ0v) is 27.5. The summed E-state index contributed by atoms with van der Waals surface area (Å²) < 4.78 is 27.9. The molecule has 4 amide bonds. The molecule has 0 radical (unpaired) electrons. The number of carbonyl (C=O) groups excluding carboxylic acids is 4. The Morgan fingerprint density at radius 3 is 2.20 bits per heavy atom. The Bertz CT molecular complexity index is 1320. The SMILES string of the molecule is CC(C)(C)OC(=O)N1CCC(CC2CCC(OC3CCN(c4ccc5c(c4F)CN(C4CCC(=O)NC4=O)C5=O)CC3)CC2)CC1. The highest BCUT2D eigenvalue weighted by Crippen LogP contribution is 2.37. The van der Waals surface area contributed by atoms with Gasteiger partial charge in [0.2, 0.25) is 11.8 Å². The second-order valence-electron chi connectivity index (χ2n) is 14.9. The lowest BCUT2D eigenvalue weighted by Crippen LogP contribution is -2.52. The van der Waals surface area contributed by atoms with Crippen LogP contribution in [0.2, 0.25) is 0 Å². The molecule has 0 bridgehead atoms. The summed E-state index contributed by atoms with van der Waals surface area (Å²) in [5.74, 6) is -0.200. The number of benzene rings is 1. The number of piperidine rings is 3. The molecule has 4 aliphatic heterocycles. The highest BCUT2D eigenvalue weighted by atomic mass is 19.1. The molecule has 46 heavy (non-hydrogen) atoms. The Hall–Kier alpha value is -3.21. The molecule has 0 aromatic heterocycles. The van der Waals surface area contributed by atoms with E-state index in [1.165, 1.54) is 24.2 Å². The van der Waals surface area contributed by atoms with E-state index in [0.717, 1.165) is 57.5 Å². The highest BCUT2D eigenvalue weighted by Gasteiger charge is 2.41. The Morgan fingerprint density at radius 1 is 0.891 bits per heavy atom. The fourth-order valence-electron chi connectivity index (χ4n) is 7.99. The largest absolute Gasteiger partial charge is 0.444 e. The van der Waals surface area contributed by atoms with Crippen LogP contribution in [0.25, 0.3) is 0 Å². The third-order valence-corrected chi connectivity index (χ3v) is 10.5. The van der Waals surface area contributed by atoms with Crippen LogP contribution >= 0.6 is 0 Å². The van der Waals surface area contributed by atoms with Gasteiger partial charge < -0.3 is 24.2 Å². The first-order valence-corrected chi connectivity index (χ1v) is 17.3. The van der Waals surface area contributed by atoms with Crippen molar-refractivity contribution in [1.29, 1.82) is 0 Å². The smallest absolute Gasteiger partial charge is 0.410 e. The number of carbonyl (C=O) groups is 4. The van der Waals surface area contributed by atoms with Gasteiger partial charge in [0, 0.05) is 43.7 Å². The van der Waals surface area contributed by atoms with E-state index in [0.29, 0.717) is 35.8 Å². The van der Waals surface area contributed by atoms with Crippen molar-refractivity contribution in [2.24, 2.45) is 11.8 Å². The zero-order valence-electron chi connectivity index (χ0n) is 27.5. The normalized spacial score (nSPS) is 26.7. The maximum atomic E-state index is 15.8. The number of nitrogens with one attached hydrogen (secondary N) is 1. The minimum absolute atomic E-state index is 0.0354. The highest BCUT2D eigenvalue weighted by molar-refractivity contribution is 6.05. The van der Waals surface area contributed by atoms with Crippen molar-refractivity contribution in [2.45, 2.75) is 122 Å². The summed E-state index contributed by atoms with van der Waals surface area (Å²) in [5.41, 5.74) is 0.661. The summed E-state index contributed by atoms with van der Waals surface area (Å²) >= 11 is 0. The van der Waals surface area contributed by atoms with Crippen molar-refractivity contribution in [3.05, 3.63) is 29.1 Å². The molecule has 1 saturated carbocycles. The molecule has 1 N–H and O–H groups in total. The van der Waals surface area contributed by atoms with Gasteiger partial charge in [-0.2, -0.15) is 0 Å². The van der Waals surface area contributed by atoms with Gasteiger partial charge in [0.1, 0.15) is 11.6 Å². The molecule has 1 aromatic carbocycles. The molecule has 5 aliphatic rings. The third kappa shape index (κ3) is 7.34. The monoisotopic (exact) mass is 640 g/mol. The van der Waals surface area contributed by atoms with Gasteiger partial charge in [-0.25, -0.2) is 9.18 Å². The number of anilines is 1. The molecule has 1 aliphatic carbocycles. The minimum atomic E-state index is -0.757. The maximum Gasteiger partial charge on any atom is 0.410 e. The predicted molar refractivity (Wildman–Crippen MR) is 170 cm³/mol. The van der Waals surface area contributed by atoms with Gasteiger partial charge in [0.15, 0.2) is 5.82 Å². The molecule has 0 spiro atoms. The second kappa shape index (κ2) is 13.5. The fourth-order valence-corrected chi connectivity index (χ4v) is 7.99. The number of imide groups is 1. The van der Waals surface area contributed by atoms with Gasteiger partial charge in [-0.05, 0) is 109 Å². The van der Waals surface area contributed by atoms with E-state index in [1.807, 2.05) is 30.6 Å². The molecule has 11 heteroatoms. The zero-order chi connectivity index (χ0) is 32.6. The first-order valence-electron chi connectivity index (χ1n) is 17.3. The average Bonchev–Trinajstić information content (AvgIpc) is 3.35. The van der Waals surface area contributed by atoms with Crippen molar-refractivity contribution < 1.29 is 33.0 Å². The molecular weight excluding hydrogens is 591 g/mol. The number of ether oxygens (including phenoxy) is 2. The van der Waals surface area contributed by atoms with Gasteiger partial charge in [-0.15, -0.1) is 0 Å². The standard InChI is InChI=1S/C35H49FN4O6/c1-35(2,3)46-34(44)39-16-12-23(13-17-39)20-22-4-6-24(7-5-22)45-25-14-18-38(19-15-25)28-9-8-26-27(31(28)36)21-40(33(26)43)29-10-11-30(41)37-32(29)42/h8-9,22-25,29H,4-7,10-21H2,1-3H3,(H,37,41,42). The Morgan fingerprint density at radius 2 is 1.54 bits per heavy atom. The first-order chi connectivity index (χ1) is 21.9. The van der Waals surface area contributed by atoms with Crippen LogP contribution in [-0.2, 0) is 25.6 Å². The van der Waals surface area contributed by atoms with Crippen molar-refractivity contribution in [3.8, 4) is 0 Å². The molecule has 252 valence electrons. The van der Waals surface area contributed by atoms with E-state index in [1.54, 1.807) is 12.1 Å². The number of halogens is 1. The lowest BCUT2D eigenvalue weighted by atomic mass is 9.79. The summed E-state index contributed by atoms with van der Waals surface area (Å²) in [4.78, 5) is 54.6. The van der Waals surface area contributed by atoms with Crippen LogP contribution in [0.3, 0.4) is 0 Å². The topological polar surface area (TPSA) is 108 Å². The van der Waals surface area contributed by atoms with Gasteiger partial charge in [-0.1, -0.05) is 0 Å². The summed E-state index contributed by atoms with van der Waals surface area (Å²) in [6.07, 6.45) is 10.2. The number of fused-ring (bicyclic) bond motifs is 1. The van der Waals surface area contributed by atoms with Crippen LogP contribution in [0.15, 0.2) is 12.1 Å². The number of nitrogens with zero attached hydrogens (tertiary/aromatic N) is 3. The Kier molecular flexibility index (Phi) is 9.60. The van der Waals surface area contributed by atoms with Crippen molar-refractivity contribution >= 4 is 29.5 Å². The van der Waals surface area contributed by atoms with Gasteiger partial charge >= 0.3 is 6.09 Å². The average molecular weight is 641 g/mol. The number of hydrogen-bond acceptors (Lipinski definition) is 7. The quantitative estimate of drug-likeness (QED) is 0.428. The first kappa shape index (κ1) is 32.7. The van der Waals surface area contributed by atoms with Crippen LogP contribution in [0, 0.1) is 17.7 Å². The Balaban J connectivity index is 0.925. The molecular formula is C35H49FN4O6. The van der Waals surface area contributed by atoms with E-state index in [2.05, 4.69) is 5.32 Å². The van der Waals surface area contributed by atoms with Crippen LogP contribution < -0.4 is 10.2 Å². The molecule has 4 fully saturated rings. The number of amides is 4. The van der Waals surface area contributed by atoms with Crippen LogP contribution in [0.4, 0.5) is 14.9 Å². The van der Waals surface area contributed by atoms with Crippen LogP contribution in [0.5, 0.6) is 0 Å². The lowest BCUT2D eigenvalue weighted by Gasteiger charge is -2.38. The Labute approximate surface area is 271 Å². The van der Waals surface area contributed by atoms with Crippen molar-refractivity contribution in [1.82, 2.24) is 15.1 Å². The number of rotatable bonds is 6. The fraction of sp³-hybridized carbons (Fsp3) is 0.714. The van der Waals surface area contributed by atoms with Crippen molar-refractivity contribution in [3.63, 3.8) is 0 Å². The van der Waals surface area contributed by atoms with Crippen LogP contribution in [-0.4, -0.2) is 83.6 Å². The molecule has 1 unspecified atom stereocenters. The molecule has 1 atom stereocenters. The van der Waals surface area contributed by atoms with Gasteiger partial charge in [0.25, 0.3) is 5.91 Å². The molecule has 4 heterocycles. The van der Waals surface area contributed by atoms with E-state index < -0.39 is 23.4 Å². The second-order valence-corrected chi connectivity index (χ2v) is 14.9. The van der Waals surface area contributed by atoms with Gasteiger partial charge in [0.05, 0.1) is 24.4 Å². The maximum absolute atomic E-state index is 15.8. The lowest BCUT2D eigenvalue weighted by molar-refractivity contribution is -0.136. The van der Waals surface area contributed by atoms with E-state index in [4.69, 9.17) is 9.47 Å². The predicted octanol–water partition coefficient (Wildman–Crippen LogP) is 5.17. The minimum Gasteiger partial charge on any atom is -0.444 e. The summed E-state index contributed by atoms with van der Waals surface area (Å²) in [7, 11) is 0. The van der Waals surface area contributed by atoms with Crippen LogP contribution in [0.1, 0.15) is 107 Å². The summed E-state index contributed by atoms with van der Waals surface area (Å²) in [6, 6.07) is 2.60. The van der Waals surface area contributed by atoms with E-state index in [-0.39, 0.29) is 49.5 Å². The molecule has 10 nitrogen and oxygen atoms in total. The number of hydrogen-bond donors (Lipinski definition) is 1. The molecule has 6 rings (SSSR count). The third-order valence-electron chi connectivity index (χ3n) is 10.5. The summed E-state index contributed by atoms with van der Waals surface area (Å²) in [5, 5.41) is 2.29. The van der Waals surface area contributed by atoms with E-state index >= 15 is 4.39 Å². The molecule has 1 aromatic rings. The van der Waals surface area contributed by atoms with Gasteiger partial charge in [-0.3, -0.25) is 19.7 Å². The molecule has 3 saturated heterocycles. The van der Waals surface area contributed by atoms with E-state index in [9.17, 15) is 19.2 Å². The summed E-state index contributed by atoms with van der Waals surface area (Å²) in [6.45, 7) is 8.69.